The maximum absolute atomic E-state index is 12.9. The van der Waals surface area contributed by atoms with Crippen LogP contribution in [-0.2, 0) is 14.6 Å². The summed E-state index contributed by atoms with van der Waals surface area (Å²) in [5.74, 6) is -1.76. The van der Waals surface area contributed by atoms with E-state index in [9.17, 15) is 22.9 Å². The third-order valence-electron chi connectivity index (χ3n) is 5.58. The topological polar surface area (TPSA) is 148 Å². The molecule has 0 amide bonds. The number of nitrogens with one attached hydrogen (secondary N) is 1. The molecule has 0 saturated carbocycles. The number of aromatic nitrogens is 2. The van der Waals surface area contributed by atoms with Crippen molar-refractivity contribution >= 4 is 54.7 Å². The molecule has 0 spiro atoms. The minimum absolute atomic E-state index is 0.0125. The Morgan fingerprint density at radius 1 is 0.929 bits per heavy atom. The van der Waals surface area contributed by atoms with E-state index < -0.39 is 32.7 Å². The molecule has 0 unspecified atom stereocenters. The van der Waals surface area contributed by atoms with Gasteiger partial charge in [-0.1, -0.05) is 67.9 Å². The summed E-state index contributed by atoms with van der Waals surface area (Å²) in [5, 5.41) is 1.29. The summed E-state index contributed by atoms with van der Waals surface area (Å²) in [6.45, 7) is -0.372. The van der Waals surface area contributed by atoms with Gasteiger partial charge in [-0.3, -0.25) is 4.79 Å². The first-order valence-electron chi connectivity index (χ1n) is 12.0. The van der Waals surface area contributed by atoms with Crippen LogP contribution in [0.4, 0.5) is 0 Å². The molecule has 0 aliphatic carbocycles. The molecule has 0 radical (unpaired) electrons. The van der Waals surface area contributed by atoms with Crippen LogP contribution in [0.3, 0.4) is 0 Å². The molecule has 1 N–H and O–H groups in total. The molecule has 2 heterocycles. The van der Waals surface area contributed by atoms with Crippen molar-refractivity contribution in [2.45, 2.75) is 16.3 Å². The predicted octanol–water partition coefficient (Wildman–Crippen LogP) is 5.47. The number of para-hydroxylation sites is 1. The van der Waals surface area contributed by atoms with Crippen LogP contribution in [0.15, 0.2) is 99.5 Å². The molecule has 42 heavy (non-hydrogen) atoms. The number of hydrogen-bond acceptors (Lipinski definition) is 12. The zero-order valence-electron chi connectivity index (χ0n) is 21.3. The number of carbonyl (C=O) groups is 2. The predicted molar refractivity (Wildman–Crippen MR) is 154 cm³/mol. The van der Waals surface area contributed by atoms with E-state index in [1.54, 1.807) is 40.7 Å². The first kappa shape index (κ1) is 29.1. The first-order valence-corrected chi connectivity index (χ1v) is 16.1. The normalized spacial score (nSPS) is 11.1. The quantitative estimate of drug-likeness (QED) is 0.0899. The highest BCUT2D eigenvalue weighted by Gasteiger charge is 2.37. The average Bonchev–Trinajstić information content (AvgIpc) is 3.59. The molecule has 2 aromatic heterocycles. The summed E-state index contributed by atoms with van der Waals surface area (Å²) in [4.78, 5) is 38.3. The lowest BCUT2D eigenvalue weighted by molar-refractivity contribution is -0.744. The summed E-state index contributed by atoms with van der Waals surface area (Å²) in [5.41, 5.74) is 0.949. The molecular weight excluding hydrogens is 625 g/mol. The highest BCUT2D eigenvalue weighted by atomic mass is 32.9. The van der Waals surface area contributed by atoms with E-state index >= 15 is 0 Å². The van der Waals surface area contributed by atoms with Crippen molar-refractivity contribution in [3.63, 3.8) is 0 Å². The van der Waals surface area contributed by atoms with Gasteiger partial charge in [-0.05, 0) is 70.2 Å². The third kappa shape index (κ3) is 6.54. The van der Waals surface area contributed by atoms with Gasteiger partial charge in [0.2, 0.25) is 4.60 Å². The van der Waals surface area contributed by atoms with Gasteiger partial charge < -0.3 is 14.2 Å². The number of esters is 2. The summed E-state index contributed by atoms with van der Waals surface area (Å²) in [6.07, 6.45) is -0.358. The SMILES string of the molecule is O=C(CCOc1[nH]o[n+](=O)c1S(=O)(=O)c1ccccc1)Oc1ccccc1C(=O)Oc1ccc(-c2cc(=S)ss2)cc1. The smallest absolute Gasteiger partial charge is 0.404 e. The Balaban J connectivity index is 1.21. The van der Waals surface area contributed by atoms with Crippen molar-refractivity contribution in [3.8, 4) is 27.8 Å². The number of aromatic amines is 1. The van der Waals surface area contributed by atoms with Crippen LogP contribution in [0.25, 0.3) is 10.4 Å². The highest BCUT2D eigenvalue weighted by Crippen LogP contribution is 2.31. The van der Waals surface area contributed by atoms with Gasteiger partial charge in [-0.25, -0.2) is 13.2 Å². The second kappa shape index (κ2) is 12.6. The maximum Gasteiger partial charge on any atom is 0.404 e. The number of benzene rings is 3. The highest BCUT2D eigenvalue weighted by molar-refractivity contribution is 7.91. The lowest BCUT2D eigenvalue weighted by Crippen LogP contribution is -2.22. The fraction of sp³-hybridized carbons (Fsp3) is 0.0741. The van der Waals surface area contributed by atoms with Crippen LogP contribution < -0.4 is 18.8 Å². The van der Waals surface area contributed by atoms with E-state index in [-0.39, 0.29) is 33.8 Å². The molecule has 214 valence electrons. The fourth-order valence-electron chi connectivity index (χ4n) is 3.63. The standard InChI is InChI=1S/C27H19N2O9S4/c30-23(14-15-35-25-26(29(32)38-28-25)42(33,34)19-6-2-1-3-7-19)37-21-9-5-4-8-20(21)27(31)36-18-12-10-17(11-13-18)22-16-24(39)41-40-22/h1-13,16,28H,14-15H2/q+1. The van der Waals surface area contributed by atoms with Crippen molar-refractivity contribution in [3.05, 3.63) is 99.2 Å². The molecule has 15 heteroatoms. The fourth-order valence-corrected chi connectivity index (χ4v) is 7.35. The lowest BCUT2D eigenvalue weighted by Gasteiger charge is -2.10. The first-order chi connectivity index (χ1) is 20.2. The van der Waals surface area contributed by atoms with E-state index in [1.165, 1.54) is 46.7 Å². The maximum atomic E-state index is 12.9. The molecular formula is C27H19N2O9S4+. The van der Waals surface area contributed by atoms with E-state index in [4.69, 9.17) is 26.4 Å². The summed E-state index contributed by atoms with van der Waals surface area (Å²) >= 11 is 5.17. The van der Waals surface area contributed by atoms with Gasteiger partial charge >= 0.3 is 22.8 Å². The van der Waals surface area contributed by atoms with Gasteiger partial charge in [-0.2, -0.15) is 0 Å². The van der Waals surface area contributed by atoms with Crippen molar-refractivity contribution in [1.82, 2.24) is 5.16 Å². The summed E-state index contributed by atoms with van der Waals surface area (Å²) in [6, 6.07) is 22.1. The van der Waals surface area contributed by atoms with Crippen LogP contribution in [-0.4, -0.2) is 32.1 Å². The molecule has 0 aliphatic heterocycles. The number of ether oxygens (including phenoxy) is 3. The zero-order valence-corrected chi connectivity index (χ0v) is 24.5. The molecule has 5 rings (SSSR count). The number of H-pyrrole nitrogens is 1. The van der Waals surface area contributed by atoms with Gasteiger partial charge in [0.15, 0.2) is 0 Å². The monoisotopic (exact) mass is 643 g/mol. The zero-order chi connectivity index (χ0) is 29.7. The summed E-state index contributed by atoms with van der Waals surface area (Å²) in [7, 11) is -1.22. The Hall–Kier alpha value is -4.44. The van der Waals surface area contributed by atoms with E-state index in [0.29, 0.717) is 5.75 Å². The molecule has 0 aliphatic rings. The number of nitrogens with zero attached hydrogens (tertiary/aromatic N) is 1. The van der Waals surface area contributed by atoms with Gasteiger partial charge in [-0.15, -0.1) is 0 Å². The minimum atomic E-state index is -4.28. The van der Waals surface area contributed by atoms with Crippen LogP contribution in [0, 0.1) is 8.73 Å². The molecule has 11 nitrogen and oxygen atoms in total. The largest absolute Gasteiger partial charge is 0.456 e. The average molecular weight is 644 g/mol. The van der Waals surface area contributed by atoms with Gasteiger partial charge in [0.25, 0.3) is 9.84 Å². The Labute approximate surface area is 250 Å². The molecule has 5 aromatic rings. The number of carbonyl (C=O) groups excluding carboxylic acids is 2. The van der Waals surface area contributed by atoms with Crippen molar-refractivity contribution < 1.29 is 41.4 Å². The number of rotatable bonds is 10. The number of sulfone groups is 1. The molecule has 0 saturated heterocycles. The Bertz CT molecular complexity index is 1960. The molecule has 0 fully saturated rings. The molecule has 0 atom stereocenters. The van der Waals surface area contributed by atoms with Crippen molar-refractivity contribution in [2.24, 2.45) is 0 Å². The van der Waals surface area contributed by atoms with Crippen LogP contribution >= 0.6 is 32.9 Å². The van der Waals surface area contributed by atoms with Crippen LogP contribution in [0.2, 0.25) is 0 Å². The summed E-state index contributed by atoms with van der Waals surface area (Å²) < 4.78 is 47.0. The minimum Gasteiger partial charge on any atom is -0.456 e. The molecule has 3 aromatic carbocycles. The second-order valence-electron chi connectivity index (χ2n) is 8.38. The van der Waals surface area contributed by atoms with Gasteiger partial charge in [0.05, 0.1) is 11.3 Å². The third-order valence-corrected chi connectivity index (χ3v) is 10.2. The second-order valence-corrected chi connectivity index (χ2v) is 13.2. The Morgan fingerprint density at radius 3 is 2.36 bits per heavy atom. The Kier molecular flexibility index (Phi) is 8.72. The number of hydrogen-bond donors (Lipinski definition) is 1. The van der Waals surface area contributed by atoms with Crippen molar-refractivity contribution in [2.75, 3.05) is 6.61 Å². The van der Waals surface area contributed by atoms with Crippen molar-refractivity contribution in [1.29, 1.82) is 0 Å². The van der Waals surface area contributed by atoms with Gasteiger partial charge in [0, 0.05) is 4.88 Å². The van der Waals surface area contributed by atoms with E-state index in [2.05, 4.69) is 9.79 Å². The van der Waals surface area contributed by atoms with E-state index in [0.717, 1.165) is 14.3 Å². The Morgan fingerprint density at radius 2 is 1.64 bits per heavy atom. The van der Waals surface area contributed by atoms with Crippen LogP contribution in [0.1, 0.15) is 16.8 Å². The molecule has 0 bridgehead atoms. The van der Waals surface area contributed by atoms with Crippen LogP contribution in [0.5, 0.6) is 17.4 Å². The lowest BCUT2D eigenvalue weighted by atomic mass is 10.2. The van der Waals surface area contributed by atoms with Gasteiger partial charge in [0.1, 0.15) is 27.5 Å². The van der Waals surface area contributed by atoms with E-state index in [1.807, 2.05) is 18.2 Å².